The molecule has 2 aliphatic rings. The van der Waals surface area contributed by atoms with Gasteiger partial charge in [0.2, 0.25) is 11.8 Å². The number of aromatic nitrogens is 1. The lowest BCUT2D eigenvalue weighted by molar-refractivity contribution is -0.150. The molecule has 1 saturated heterocycles. The molecule has 0 unspecified atom stereocenters. The predicted molar refractivity (Wildman–Crippen MR) is 69.7 cm³/mol. The third kappa shape index (κ3) is 2.18. The number of aromatic amines is 1. The number of H-pyrrole nitrogens is 1. The fourth-order valence-corrected chi connectivity index (χ4v) is 3.52. The number of hydrogen-bond acceptors (Lipinski definition) is 4. The number of amides is 2. The lowest BCUT2D eigenvalue weighted by Gasteiger charge is -2.39. The molecule has 2 amide bonds. The molecule has 0 radical (unpaired) electrons. The van der Waals surface area contributed by atoms with Crippen LogP contribution >= 0.6 is 11.3 Å². The van der Waals surface area contributed by atoms with Gasteiger partial charge in [-0.1, -0.05) is 24.2 Å². The van der Waals surface area contributed by atoms with E-state index in [0.717, 1.165) is 24.2 Å². The van der Waals surface area contributed by atoms with Crippen molar-refractivity contribution in [3.05, 3.63) is 20.7 Å². The first-order chi connectivity index (χ1) is 9.09. The van der Waals surface area contributed by atoms with E-state index < -0.39 is 5.54 Å². The van der Waals surface area contributed by atoms with E-state index in [2.05, 4.69) is 10.3 Å². The summed E-state index contributed by atoms with van der Waals surface area (Å²) in [4.78, 5) is 39.5. The van der Waals surface area contributed by atoms with Crippen LogP contribution < -0.4 is 10.2 Å². The normalized spacial score (nSPS) is 22.0. The lowest BCUT2D eigenvalue weighted by atomic mass is 9.93. The molecule has 0 bridgehead atoms. The summed E-state index contributed by atoms with van der Waals surface area (Å²) < 4.78 is 0. The van der Waals surface area contributed by atoms with Gasteiger partial charge in [0.1, 0.15) is 12.1 Å². The molecule has 2 fully saturated rings. The Labute approximate surface area is 113 Å². The summed E-state index contributed by atoms with van der Waals surface area (Å²) in [7, 11) is 0. The molecule has 0 atom stereocenters. The van der Waals surface area contributed by atoms with E-state index in [-0.39, 0.29) is 23.2 Å². The van der Waals surface area contributed by atoms with Crippen LogP contribution in [0.3, 0.4) is 0 Å². The maximum atomic E-state index is 12.5. The van der Waals surface area contributed by atoms with Crippen LogP contribution in [0.2, 0.25) is 0 Å². The molecule has 2 heterocycles. The smallest absolute Gasteiger partial charge is 0.304 e. The minimum absolute atomic E-state index is 0.0170. The van der Waals surface area contributed by atoms with Crippen LogP contribution in [0.5, 0.6) is 0 Å². The van der Waals surface area contributed by atoms with Crippen LogP contribution in [0, 0.1) is 0 Å². The first-order valence-corrected chi connectivity index (χ1v) is 7.24. The maximum Gasteiger partial charge on any atom is 0.304 e. The number of thiazole rings is 1. The van der Waals surface area contributed by atoms with E-state index in [1.165, 1.54) is 0 Å². The molecule has 6 nitrogen and oxygen atoms in total. The van der Waals surface area contributed by atoms with Gasteiger partial charge in [-0.15, -0.1) is 0 Å². The maximum absolute atomic E-state index is 12.5. The number of hydrogen-bond donors (Lipinski definition) is 2. The van der Waals surface area contributed by atoms with E-state index >= 15 is 0 Å². The van der Waals surface area contributed by atoms with Crippen molar-refractivity contribution in [1.82, 2.24) is 15.2 Å². The molecule has 1 aliphatic carbocycles. The minimum atomic E-state index is -0.689. The molecule has 1 aromatic rings. The molecule has 7 heteroatoms. The van der Waals surface area contributed by atoms with Gasteiger partial charge < -0.3 is 15.2 Å². The summed E-state index contributed by atoms with van der Waals surface area (Å²) in [5, 5.41) is 4.56. The van der Waals surface area contributed by atoms with Crippen molar-refractivity contribution >= 4 is 23.2 Å². The van der Waals surface area contributed by atoms with Gasteiger partial charge in [0.15, 0.2) is 0 Å². The molecule has 1 aliphatic heterocycles. The van der Waals surface area contributed by atoms with Crippen LogP contribution in [-0.4, -0.2) is 33.8 Å². The molecule has 3 rings (SSSR count). The summed E-state index contributed by atoms with van der Waals surface area (Å²) >= 11 is 1.07. The average molecular weight is 281 g/mol. The number of nitrogens with one attached hydrogen (secondary N) is 2. The Kier molecular flexibility index (Phi) is 2.93. The summed E-state index contributed by atoms with van der Waals surface area (Å²) in [5.41, 5.74) is -0.00255. The first kappa shape index (κ1) is 12.4. The van der Waals surface area contributed by atoms with Crippen LogP contribution in [0.1, 0.15) is 31.4 Å². The molecule has 1 aromatic heterocycles. The zero-order valence-corrected chi connectivity index (χ0v) is 11.2. The summed E-state index contributed by atoms with van der Waals surface area (Å²) in [5.74, 6) is -0.129. The van der Waals surface area contributed by atoms with Crippen molar-refractivity contribution < 1.29 is 9.59 Å². The topological polar surface area (TPSA) is 82.3 Å². The van der Waals surface area contributed by atoms with Crippen molar-refractivity contribution in [1.29, 1.82) is 0 Å². The molecule has 0 aromatic carbocycles. The molecule has 102 valence electrons. The van der Waals surface area contributed by atoms with Gasteiger partial charge in [-0.05, 0) is 12.8 Å². The van der Waals surface area contributed by atoms with Crippen LogP contribution in [0.15, 0.2) is 10.2 Å². The molecule has 1 spiro atoms. The highest BCUT2D eigenvalue weighted by molar-refractivity contribution is 7.07. The summed E-state index contributed by atoms with van der Waals surface area (Å²) in [6.07, 6.45) is 3.37. The highest BCUT2D eigenvalue weighted by atomic mass is 32.1. The third-order valence-corrected chi connectivity index (χ3v) is 4.52. The Morgan fingerprint density at radius 1 is 1.26 bits per heavy atom. The van der Waals surface area contributed by atoms with Gasteiger partial charge in [-0.25, -0.2) is 0 Å². The minimum Gasteiger partial charge on any atom is -0.340 e. The molecular formula is C12H15N3O3S. The van der Waals surface area contributed by atoms with E-state index in [9.17, 15) is 14.4 Å². The number of piperazine rings is 1. The largest absolute Gasteiger partial charge is 0.340 e. The Balaban J connectivity index is 1.82. The fourth-order valence-electron chi connectivity index (χ4n) is 2.95. The van der Waals surface area contributed by atoms with Crippen LogP contribution in [-0.2, 0) is 16.1 Å². The number of carbonyl (C=O) groups excluding carboxylic acids is 2. The van der Waals surface area contributed by atoms with E-state index in [1.807, 2.05) is 0 Å². The van der Waals surface area contributed by atoms with Gasteiger partial charge in [-0.3, -0.25) is 14.4 Å². The van der Waals surface area contributed by atoms with Crippen molar-refractivity contribution in [2.24, 2.45) is 0 Å². The zero-order chi connectivity index (χ0) is 13.5. The highest BCUT2D eigenvalue weighted by Gasteiger charge is 2.48. The van der Waals surface area contributed by atoms with Gasteiger partial charge in [0.25, 0.3) is 0 Å². The second-order valence-electron chi connectivity index (χ2n) is 5.17. The van der Waals surface area contributed by atoms with Crippen molar-refractivity contribution in [3.8, 4) is 0 Å². The molecule has 19 heavy (non-hydrogen) atoms. The summed E-state index contributed by atoms with van der Waals surface area (Å²) in [6.45, 7) is 0.366. The standard InChI is InChI=1S/C12H15N3O3S/c16-9-6-15(5-8-7-19-11(18)13-8)10(17)12(14-9)3-1-2-4-12/h7H,1-6H2,(H,13,18)(H,14,16). The predicted octanol–water partition coefficient (Wildman–Crippen LogP) is 0.208. The van der Waals surface area contributed by atoms with Gasteiger partial charge in [-0.2, -0.15) is 0 Å². The Hall–Kier alpha value is -1.63. The fraction of sp³-hybridized carbons (Fsp3) is 0.583. The zero-order valence-electron chi connectivity index (χ0n) is 10.4. The first-order valence-electron chi connectivity index (χ1n) is 6.36. The second kappa shape index (κ2) is 4.48. The number of rotatable bonds is 2. The second-order valence-corrected chi connectivity index (χ2v) is 6.01. The van der Waals surface area contributed by atoms with Crippen molar-refractivity contribution in [2.45, 2.75) is 37.8 Å². The van der Waals surface area contributed by atoms with E-state index in [4.69, 9.17) is 0 Å². The Morgan fingerprint density at radius 2 is 2.00 bits per heavy atom. The monoisotopic (exact) mass is 281 g/mol. The third-order valence-electron chi connectivity index (χ3n) is 3.80. The Bertz CT molecular complexity index is 571. The quantitative estimate of drug-likeness (QED) is 0.813. The van der Waals surface area contributed by atoms with Crippen LogP contribution in [0.4, 0.5) is 0 Å². The number of carbonyl (C=O) groups is 2. The number of nitrogens with zero attached hydrogens (tertiary/aromatic N) is 1. The molecule has 2 N–H and O–H groups in total. The molecular weight excluding hydrogens is 266 g/mol. The van der Waals surface area contributed by atoms with E-state index in [1.54, 1.807) is 10.3 Å². The van der Waals surface area contributed by atoms with Gasteiger partial charge in [0.05, 0.1) is 6.54 Å². The highest BCUT2D eigenvalue weighted by Crippen LogP contribution is 2.33. The summed E-state index contributed by atoms with van der Waals surface area (Å²) in [6, 6.07) is 0. The molecule has 1 saturated carbocycles. The SMILES string of the molecule is O=C1CN(Cc2csc(=O)[nH]2)C(=O)C2(CCCC2)N1. The van der Waals surface area contributed by atoms with Gasteiger partial charge >= 0.3 is 4.87 Å². The van der Waals surface area contributed by atoms with Crippen molar-refractivity contribution in [3.63, 3.8) is 0 Å². The van der Waals surface area contributed by atoms with Crippen molar-refractivity contribution in [2.75, 3.05) is 6.54 Å². The van der Waals surface area contributed by atoms with Crippen LogP contribution in [0.25, 0.3) is 0 Å². The van der Waals surface area contributed by atoms with Gasteiger partial charge in [0, 0.05) is 11.1 Å². The van der Waals surface area contributed by atoms with E-state index in [0.29, 0.717) is 25.1 Å². The lowest BCUT2D eigenvalue weighted by Crippen LogP contribution is -2.65. The Morgan fingerprint density at radius 3 is 2.63 bits per heavy atom. The average Bonchev–Trinajstić information content (AvgIpc) is 2.96.